The second-order valence-electron chi connectivity index (χ2n) is 4.10. The molecule has 2 rings (SSSR count). The molecule has 1 heterocycles. The molecule has 0 unspecified atom stereocenters. The van der Waals surface area contributed by atoms with Gasteiger partial charge in [-0.25, -0.2) is 4.79 Å². The van der Waals surface area contributed by atoms with Crippen LogP contribution in [0.1, 0.15) is 15.9 Å². The topological polar surface area (TPSA) is 64.3 Å². The van der Waals surface area contributed by atoms with Crippen molar-refractivity contribution in [2.45, 2.75) is 6.42 Å². The summed E-state index contributed by atoms with van der Waals surface area (Å²) in [4.78, 5) is 11.4. The highest BCUT2D eigenvalue weighted by molar-refractivity contribution is 7.07. The number of hydrogen-bond acceptors (Lipinski definition) is 5. The van der Waals surface area contributed by atoms with E-state index in [9.17, 15) is 4.79 Å². The van der Waals surface area contributed by atoms with Crippen molar-refractivity contribution in [3.05, 3.63) is 46.2 Å². The number of benzene rings is 1. The van der Waals surface area contributed by atoms with Crippen LogP contribution in [0.3, 0.4) is 0 Å². The molecular formula is C14H16N2O2S. The Kier molecular flexibility index (Phi) is 4.41. The number of carbonyl (C=O) groups excluding carboxylic acids is 1. The van der Waals surface area contributed by atoms with Crippen molar-refractivity contribution in [2.75, 3.05) is 24.7 Å². The Balaban J connectivity index is 2.00. The van der Waals surface area contributed by atoms with Gasteiger partial charge in [0.2, 0.25) is 0 Å². The van der Waals surface area contributed by atoms with Gasteiger partial charge in [0, 0.05) is 6.54 Å². The first-order valence-electron chi connectivity index (χ1n) is 5.93. The van der Waals surface area contributed by atoms with E-state index >= 15 is 0 Å². The van der Waals surface area contributed by atoms with Crippen molar-refractivity contribution in [1.29, 1.82) is 0 Å². The fourth-order valence-electron chi connectivity index (χ4n) is 1.73. The molecule has 0 radical (unpaired) electrons. The van der Waals surface area contributed by atoms with Crippen LogP contribution in [0, 0.1) is 0 Å². The average molecular weight is 276 g/mol. The quantitative estimate of drug-likeness (QED) is 0.651. The Morgan fingerprint density at radius 1 is 1.42 bits per heavy atom. The summed E-state index contributed by atoms with van der Waals surface area (Å²) in [5.74, 6) is -0.360. The maximum Gasteiger partial charge on any atom is 0.337 e. The monoisotopic (exact) mass is 276 g/mol. The third-order valence-corrected chi connectivity index (χ3v) is 3.52. The first kappa shape index (κ1) is 13.4. The Morgan fingerprint density at radius 3 is 2.95 bits per heavy atom. The molecule has 3 N–H and O–H groups in total. The molecule has 0 aliphatic heterocycles. The zero-order valence-corrected chi connectivity index (χ0v) is 11.5. The Hall–Kier alpha value is -2.01. The summed E-state index contributed by atoms with van der Waals surface area (Å²) in [5, 5.41) is 7.42. The molecule has 0 fully saturated rings. The zero-order chi connectivity index (χ0) is 13.7. The molecule has 0 aliphatic carbocycles. The van der Waals surface area contributed by atoms with Gasteiger partial charge in [0.15, 0.2) is 0 Å². The van der Waals surface area contributed by atoms with Gasteiger partial charge in [-0.15, -0.1) is 0 Å². The minimum absolute atomic E-state index is 0.360. The number of thiophene rings is 1. The van der Waals surface area contributed by atoms with Crippen molar-refractivity contribution in [1.82, 2.24) is 0 Å². The highest BCUT2D eigenvalue weighted by Gasteiger charge is 2.08. The van der Waals surface area contributed by atoms with E-state index in [0.717, 1.165) is 18.7 Å². The van der Waals surface area contributed by atoms with Gasteiger partial charge in [0.05, 0.1) is 24.0 Å². The van der Waals surface area contributed by atoms with Crippen molar-refractivity contribution in [2.24, 2.45) is 0 Å². The molecule has 0 amide bonds. The first-order chi connectivity index (χ1) is 9.20. The van der Waals surface area contributed by atoms with E-state index in [1.807, 2.05) is 0 Å². The molecule has 0 spiro atoms. The highest BCUT2D eigenvalue weighted by Crippen LogP contribution is 2.20. The predicted molar refractivity (Wildman–Crippen MR) is 78.7 cm³/mol. The largest absolute Gasteiger partial charge is 0.465 e. The van der Waals surface area contributed by atoms with Crippen LogP contribution < -0.4 is 11.1 Å². The smallest absolute Gasteiger partial charge is 0.337 e. The molecule has 0 saturated heterocycles. The molecule has 100 valence electrons. The van der Waals surface area contributed by atoms with Crippen LogP contribution >= 0.6 is 11.3 Å². The maximum absolute atomic E-state index is 11.4. The number of rotatable bonds is 5. The fraction of sp³-hybridized carbons (Fsp3) is 0.214. The Morgan fingerprint density at radius 2 is 2.26 bits per heavy atom. The van der Waals surface area contributed by atoms with Crippen LogP contribution in [-0.2, 0) is 11.2 Å². The van der Waals surface area contributed by atoms with E-state index in [4.69, 9.17) is 5.73 Å². The number of anilines is 2. The van der Waals surface area contributed by atoms with Crippen LogP contribution in [0.5, 0.6) is 0 Å². The number of nitrogens with two attached hydrogens (primary N) is 1. The Bertz CT molecular complexity index is 553. The van der Waals surface area contributed by atoms with Gasteiger partial charge in [-0.1, -0.05) is 0 Å². The zero-order valence-electron chi connectivity index (χ0n) is 10.7. The first-order valence-corrected chi connectivity index (χ1v) is 6.88. The third-order valence-electron chi connectivity index (χ3n) is 2.78. The molecule has 19 heavy (non-hydrogen) atoms. The molecule has 0 bridgehead atoms. The number of ether oxygens (including phenoxy) is 1. The molecule has 0 atom stereocenters. The van der Waals surface area contributed by atoms with Crippen molar-refractivity contribution in [3.8, 4) is 0 Å². The summed E-state index contributed by atoms with van der Waals surface area (Å²) in [6.45, 7) is 0.769. The molecule has 0 aliphatic rings. The van der Waals surface area contributed by atoms with Crippen molar-refractivity contribution >= 4 is 28.7 Å². The summed E-state index contributed by atoms with van der Waals surface area (Å²) < 4.78 is 4.69. The molecule has 4 nitrogen and oxygen atoms in total. The van der Waals surface area contributed by atoms with E-state index in [0.29, 0.717) is 11.3 Å². The fourth-order valence-corrected chi connectivity index (χ4v) is 2.43. The summed E-state index contributed by atoms with van der Waals surface area (Å²) in [5.41, 5.74) is 9.05. The molecule has 1 aromatic carbocycles. The number of nitrogen functional groups attached to an aromatic ring is 1. The van der Waals surface area contributed by atoms with Crippen LogP contribution in [-0.4, -0.2) is 19.6 Å². The summed E-state index contributed by atoms with van der Waals surface area (Å²) >= 11 is 1.68. The summed E-state index contributed by atoms with van der Waals surface area (Å²) in [6.07, 6.45) is 0.922. The van der Waals surface area contributed by atoms with E-state index in [1.165, 1.54) is 12.7 Å². The highest BCUT2D eigenvalue weighted by atomic mass is 32.1. The molecular weight excluding hydrogens is 260 g/mol. The molecule has 0 saturated carbocycles. The minimum atomic E-state index is -0.360. The standard InChI is InChI=1S/C14H16N2O2S/c1-18-14(17)11-2-3-12(15)13(8-11)16-6-4-10-5-7-19-9-10/h2-3,5,7-9,16H,4,6,15H2,1H3. The van der Waals surface area contributed by atoms with E-state index < -0.39 is 0 Å². The molecule has 1 aromatic heterocycles. The van der Waals surface area contributed by atoms with Crippen molar-refractivity contribution in [3.63, 3.8) is 0 Å². The number of carbonyl (C=O) groups is 1. The second-order valence-corrected chi connectivity index (χ2v) is 4.88. The summed E-state index contributed by atoms with van der Waals surface area (Å²) in [7, 11) is 1.36. The Labute approximate surface area is 116 Å². The number of nitrogens with one attached hydrogen (secondary N) is 1. The van der Waals surface area contributed by atoms with Gasteiger partial charge in [-0.3, -0.25) is 0 Å². The van der Waals surface area contributed by atoms with Gasteiger partial charge in [-0.05, 0) is 47.0 Å². The minimum Gasteiger partial charge on any atom is -0.465 e. The number of methoxy groups -OCH3 is 1. The van der Waals surface area contributed by atoms with Crippen LogP contribution in [0.4, 0.5) is 11.4 Å². The van der Waals surface area contributed by atoms with E-state index in [2.05, 4.69) is 26.9 Å². The lowest BCUT2D eigenvalue weighted by Gasteiger charge is -2.10. The van der Waals surface area contributed by atoms with Gasteiger partial charge < -0.3 is 15.8 Å². The number of esters is 1. The lowest BCUT2D eigenvalue weighted by Crippen LogP contribution is -2.08. The van der Waals surface area contributed by atoms with Gasteiger partial charge in [0.25, 0.3) is 0 Å². The maximum atomic E-state index is 11.4. The van der Waals surface area contributed by atoms with Gasteiger partial charge in [0.1, 0.15) is 0 Å². The SMILES string of the molecule is COC(=O)c1ccc(N)c(NCCc2ccsc2)c1. The molecule has 5 heteroatoms. The van der Waals surface area contributed by atoms with E-state index in [-0.39, 0.29) is 5.97 Å². The third kappa shape index (κ3) is 3.48. The van der Waals surface area contributed by atoms with Gasteiger partial charge >= 0.3 is 5.97 Å². The summed E-state index contributed by atoms with van der Waals surface area (Å²) in [6, 6.07) is 7.18. The number of hydrogen-bond donors (Lipinski definition) is 2. The lowest BCUT2D eigenvalue weighted by atomic mass is 10.1. The average Bonchev–Trinajstić information content (AvgIpc) is 2.93. The van der Waals surface area contributed by atoms with Crippen LogP contribution in [0.15, 0.2) is 35.0 Å². The predicted octanol–water partition coefficient (Wildman–Crippen LogP) is 2.77. The normalized spacial score (nSPS) is 10.2. The second kappa shape index (κ2) is 6.24. The lowest BCUT2D eigenvalue weighted by molar-refractivity contribution is 0.0601. The molecule has 2 aromatic rings. The van der Waals surface area contributed by atoms with Gasteiger partial charge in [-0.2, -0.15) is 11.3 Å². The van der Waals surface area contributed by atoms with Crippen molar-refractivity contribution < 1.29 is 9.53 Å². The van der Waals surface area contributed by atoms with E-state index in [1.54, 1.807) is 29.5 Å². The van der Waals surface area contributed by atoms with Crippen LogP contribution in [0.25, 0.3) is 0 Å². The van der Waals surface area contributed by atoms with Crippen LogP contribution in [0.2, 0.25) is 0 Å².